The number of fused-ring (bicyclic) bond motifs is 3. The lowest BCUT2D eigenvalue weighted by atomic mass is 10.1. The van der Waals surface area contributed by atoms with E-state index in [-0.39, 0.29) is 4.65 Å². The number of hydroxylamine groups is 3. The second kappa shape index (κ2) is 7.08. The highest BCUT2D eigenvalue weighted by atomic mass is 16.5. The summed E-state index contributed by atoms with van der Waals surface area (Å²) in [6.45, 7) is 6.06. The van der Waals surface area contributed by atoms with Gasteiger partial charge in [0.1, 0.15) is 12.4 Å². The molecule has 2 unspecified atom stereocenters. The van der Waals surface area contributed by atoms with Crippen LogP contribution in [0.25, 0.3) is 0 Å². The summed E-state index contributed by atoms with van der Waals surface area (Å²) >= 11 is 0. The lowest BCUT2D eigenvalue weighted by molar-refractivity contribution is -0.897. The average molecular weight is 345 g/mol. The third-order valence-corrected chi connectivity index (χ3v) is 6.09. The summed E-state index contributed by atoms with van der Waals surface area (Å²) in [4.78, 5) is 11.7. The van der Waals surface area contributed by atoms with Gasteiger partial charge < -0.3 is 20.1 Å². The molecule has 4 rings (SSSR count). The molecule has 138 valence electrons. The van der Waals surface area contributed by atoms with Gasteiger partial charge in [0.2, 0.25) is 5.95 Å². The Kier molecular flexibility index (Phi) is 4.82. The first-order chi connectivity index (χ1) is 12.2. The van der Waals surface area contributed by atoms with Gasteiger partial charge in [0.25, 0.3) is 0 Å². The molecule has 0 amide bonds. The molecule has 2 fully saturated rings. The van der Waals surface area contributed by atoms with Crippen LogP contribution in [0.5, 0.6) is 0 Å². The molecule has 0 spiro atoms. The molecule has 1 aromatic heterocycles. The quantitative estimate of drug-likeness (QED) is 0.655. The van der Waals surface area contributed by atoms with Gasteiger partial charge in [0.05, 0.1) is 24.7 Å². The summed E-state index contributed by atoms with van der Waals surface area (Å²) < 4.78 is -0.0794. The van der Waals surface area contributed by atoms with Crippen LogP contribution in [0.15, 0.2) is 6.20 Å². The van der Waals surface area contributed by atoms with E-state index in [9.17, 15) is 5.21 Å². The van der Waals surface area contributed by atoms with Crippen molar-refractivity contribution in [2.75, 3.05) is 36.4 Å². The zero-order chi connectivity index (χ0) is 17.3. The summed E-state index contributed by atoms with van der Waals surface area (Å²) in [5.41, 5.74) is 1.04. The predicted molar refractivity (Wildman–Crippen MR) is 100 cm³/mol. The van der Waals surface area contributed by atoms with Crippen molar-refractivity contribution in [3.8, 4) is 0 Å². The predicted octanol–water partition coefficient (Wildman–Crippen LogP) is 3.29. The highest BCUT2D eigenvalue weighted by molar-refractivity contribution is 5.51. The van der Waals surface area contributed by atoms with Crippen LogP contribution >= 0.6 is 0 Å². The molecule has 2 aliphatic heterocycles. The molecule has 3 aliphatic rings. The number of hydrogen-bond donors (Lipinski definition) is 1. The Morgan fingerprint density at radius 1 is 1.28 bits per heavy atom. The molecule has 0 radical (unpaired) electrons. The minimum atomic E-state index is -0.0794. The van der Waals surface area contributed by atoms with E-state index in [1.807, 2.05) is 6.20 Å². The normalized spacial score (nSPS) is 29.4. The second-order valence-corrected chi connectivity index (χ2v) is 8.19. The van der Waals surface area contributed by atoms with E-state index in [1.165, 1.54) is 25.7 Å². The molecule has 3 heterocycles. The van der Waals surface area contributed by atoms with E-state index >= 15 is 0 Å². The standard InChI is InChI=1S/C19H31N5O/c1-2-9-20-19-21-11-16-13-24(25,12-15-6-3-4-7-15)14-17-8-5-10-23(17)18(16)22-19/h11,15,17H,2-10,12-14H2,1H3,(H,20,21,22). The summed E-state index contributed by atoms with van der Waals surface area (Å²) in [7, 11) is 0. The first-order valence-corrected chi connectivity index (χ1v) is 10.1. The molecule has 1 N–H and O–H groups in total. The van der Waals surface area contributed by atoms with Crippen molar-refractivity contribution in [2.45, 2.75) is 64.5 Å². The lowest BCUT2D eigenvalue weighted by Crippen LogP contribution is -2.50. The van der Waals surface area contributed by atoms with Gasteiger partial charge in [-0.05, 0) is 32.1 Å². The highest BCUT2D eigenvalue weighted by Crippen LogP contribution is 2.37. The van der Waals surface area contributed by atoms with Gasteiger partial charge in [-0.2, -0.15) is 4.98 Å². The van der Waals surface area contributed by atoms with Crippen molar-refractivity contribution < 1.29 is 4.65 Å². The Labute approximate surface area is 150 Å². The fourth-order valence-corrected chi connectivity index (χ4v) is 4.95. The number of aromatic nitrogens is 2. The van der Waals surface area contributed by atoms with E-state index in [0.29, 0.717) is 31.0 Å². The maximum Gasteiger partial charge on any atom is 0.224 e. The van der Waals surface area contributed by atoms with Crippen molar-refractivity contribution in [2.24, 2.45) is 5.92 Å². The maximum atomic E-state index is 13.7. The van der Waals surface area contributed by atoms with Crippen LogP contribution in [0.4, 0.5) is 11.8 Å². The van der Waals surface area contributed by atoms with Gasteiger partial charge in [-0.25, -0.2) is 4.98 Å². The smallest absolute Gasteiger partial charge is 0.224 e. The molecule has 6 heteroatoms. The first kappa shape index (κ1) is 17.0. The average Bonchev–Trinajstić information content (AvgIpc) is 3.23. The van der Waals surface area contributed by atoms with Gasteiger partial charge in [-0.1, -0.05) is 19.8 Å². The summed E-state index contributed by atoms with van der Waals surface area (Å²) in [6, 6.07) is 0.342. The van der Waals surface area contributed by atoms with E-state index in [4.69, 9.17) is 4.98 Å². The van der Waals surface area contributed by atoms with Gasteiger partial charge in [-0.15, -0.1) is 0 Å². The van der Waals surface area contributed by atoms with Gasteiger partial charge in [0, 0.05) is 25.2 Å². The van der Waals surface area contributed by atoms with Gasteiger partial charge in [0.15, 0.2) is 0 Å². The monoisotopic (exact) mass is 345 g/mol. The van der Waals surface area contributed by atoms with E-state index in [1.54, 1.807) is 0 Å². The topological polar surface area (TPSA) is 64.1 Å². The van der Waals surface area contributed by atoms with Crippen molar-refractivity contribution in [1.82, 2.24) is 9.97 Å². The van der Waals surface area contributed by atoms with Crippen LogP contribution in [0, 0.1) is 11.1 Å². The molecule has 25 heavy (non-hydrogen) atoms. The molecular weight excluding hydrogens is 314 g/mol. The molecule has 1 saturated heterocycles. The van der Waals surface area contributed by atoms with Crippen LogP contribution in [-0.2, 0) is 6.54 Å². The lowest BCUT2D eigenvalue weighted by Gasteiger charge is -2.45. The minimum Gasteiger partial charge on any atom is -0.632 e. The van der Waals surface area contributed by atoms with E-state index in [0.717, 1.165) is 50.3 Å². The van der Waals surface area contributed by atoms with Gasteiger partial charge >= 0.3 is 0 Å². The number of quaternary nitrogens is 1. The molecule has 0 bridgehead atoms. The summed E-state index contributed by atoms with van der Waals surface area (Å²) in [5, 5.41) is 17.0. The fraction of sp³-hybridized carbons (Fsp3) is 0.789. The third kappa shape index (κ3) is 3.60. The van der Waals surface area contributed by atoms with Crippen LogP contribution in [0.3, 0.4) is 0 Å². The molecule has 1 saturated carbocycles. The zero-order valence-corrected chi connectivity index (χ0v) is 15.4. The molecule has 6 nitrogen and oxygen atoms in total. The number of nitrogens with zero attached hydrogens (tertiary/aromatic N) is 4. The second-order valence-electron chi connectivity index (χ2n) is 8.19. The van der Waals surface area contributed by atoms with Crippen LogP contribution < -0.4 is 10.2 Å². The Morgan fingerprint density at radius 3 is 2.92 bits per heavy atom. The van der Waals surface area contributed by atoms with Crippen molar-refractivity contribution in [3.63, 3.8) is 0 Å². The Balaban J connectivity index is 1.61. The Morgan fingerprint density at radius 2 is 2.12 bits per heavy atom. The van der Waals surface area contributed by atoms with Crippen molar-refractivity contribution in [1.29, 1.82) is 0 Å². The summed E-state index contributed by atoms with van der Waals surface area (Å²) in [5.74, 6) is 2.33. The van der Waals surface area contributed by atoms with E-state index < -0.39 is 0 Å². The van der Waals surface area contributed by atoms with E-state index in [2.05, 4.69) is 22.1 Å². The number of nitrogens with one attached hydrogen (secondary N) is 1. The SMILES string of the molecule is CCCNc1ncc2c(n1)N1CCCC1C[N+]([O-])(CC1CCCC1)C2. The Bertz CT molecular complexity index is 603. The maximum absolute atomic E-state index is 13.7. The molecular formula is C19H31N5O. The third-order valence-electron chi connectivity index (χ3n) is 6.09. The fourth-order valence-electron chi connectivity index (χ4n) is 4.95. The van der Waals surface area contributed by atoms with Crippen LogP contribution in [0.2, 0.25) is 0 Å². The van der Waals surface area contributed by atoms with Crippen molar-refractivity contribution in [3.05, 3.63) is 17.0 Å². The van der Waals surface area contributed by atoms with Crippen LogP contribution in [-0.4, -0.2) is 46.8 Å². The molecule has 1 aromatic rings. The zero-order valence-electron chi connectivity index (χ0n) is 15.4. The largest absolute Gasteiger partial charge is 0.632 e. The summed E-state index contributed by atoms with van der Waals surface area (Å²) in [6.07, 6.45) is 10.3. The minimum absolute atomic E-state index is 0.0794. The number of rotatable bonds is 5. The number of hydrogen-bond acceptors (Lipinski definition) is 5. The van der Waals surface area contributed by atoms with Gasteiger partial charge in [-0.3, -0.25) is 0 Å². The molecule has 0 aromatic carbocycles. The van der Waals surface area contributed by atoms with Crippen molar-refractivity contribution >= 4 is 11.8 Å². The highest BCUT2D eigenvalue weighted by Gasteiger charge is 2.39. The van der Waals surface area contributed by atoms with Crippen LogP contribution in [0.1, 0.15) is 57.4 Å². The molecule has 1 aliphatic carbocycles. The molecule has 2 atom stereocenters. The first-order valence-electron chi connectivity index (χ1n) is 10.1. The Hall–Kier alpha value is -1.40. The number of anilines is 2.